The number of hydrogen-bond donors (Lipinski definition) is 2. The number of anilines is 1. The van der Waals surface area contributed by atoms with E-state index >= 15 is 0 Å². The predicted octanol–water partition coefficient (Wildman–Crippen LogP) is 3.54. The summed E-state index contributed by atoms with van der Waals surface area (Å²) >= 11 is 0. The highest BCUT2D eigenvalue weighted by atomic mass is 19.1. The van der Waals surface area contributed by atoms with Crippen molar-refractivity contribution in [1.82, 2.24) is 14.8 Å². The van der Waals surface area contributed by atoms with Gasteiger partial charge in [-0.25, -0.2) is 9.07 Å². The molecule has 2 N–H and O–H groups in total. The van der Waals surface area contributed by atoms with Crippen molar-refractivity contribution in [3.63, 3.8) is 0 Å². The number of Topliss-reactive ketones (excluding diaryl/α,β-unsaturated/α-hetero) is 1. The zero-order chi connectivity index (χ0) is 19.3. The Bertz CT molecular complexity index is 1120. The van der Waals surface area contributed by atoms with Gasteiger partial charge in [0.2, 0.25) is 5.95 Å². The van der Waals surface area contributed by atoms with Gasteiger partial charge < -0.3 is 10.4 Å². The minimum absolute atomic E-state index is 0.0441. The predicted molar refractivity (Wildman–Crippen MR) is 100 cm³/mol. The summed E-state index contributed by atoms with van der Waals surface area (Å²) in [5.41, 5.74) is 2.73. The van der Waals surface area contributed by atoms with Crippen molar-refractivity contribution in [1.29, 1.82) is 0 Å². The van der Waals surface area contributed by atoms with Crippen LogP contribution in [0.5, 0.6) is 5.75 Å². The molecule has 2 atom stereocenters. The molecule has 6 nitrogen and oxygen atoms in total. The number of nitrogens with zero attached hydrogens (tertiary/aromatic N) is 3. The van der Waals surface area contributed by atoms with Crippen LogP contribution in [0.1, 0.15) is 35.9 Å². The SMILES string of the molecule is O=C1C[C@@H](c2ccccc2O)CC2=C1[C@H](c1cccc(F)c1)n1ncnc1N2. The van der Waals surface area contributed by atoms with Gasteiger partial charge in [0, 0.05) is 23.6 Å². The van der Waals surface area contributed by atoms with Crippen molar-refractivity contribution in [3.05, 3.63) is 83.1 Å². The summed E-state index contributed by atoms with van der Waals surface area (Å²) in [6.07, 6.45) is 2.24. The Morgan fingerprint density at radius 3 is 2.82 bits per heavy atom. The largest absolute Gasteiger partial charge is 0.508 e. The summed E-state index contributed by atoms with van der Waals surface area (Å²) in [7, 11) is 0. The first-order chi connectivity index (χ1) is 13.6. The Balaban J connectivity index is 1.62. The topological polar surface area (TPSA) is 80.0 Å². The maximum atomic E-state index is 13.9. The first kappa shape index (κ1) is 16.7. The molecule has 1 aliphatic carbocycles. The van der Waals surface area contributed by atoms with Crippen LogP contribution >= 0.6 is 0 Å². The summed E-state index contributed by atoms with van der Waals surface area (Å²) in [4.78, 5) is 17.4. The smallest absolute Gasteiger partial charge is 0.226 e. The summed E-state index contributed by atoms with van der Waals surface area (Å²) in [6, 6.07) is 12.8. The molecule has 0 fully saturated rings. The molecular formula is C21H17FN4O2. The summed E-state index contributed by atoms with van der Waals surface area (Å²) in [5.74, 6) is 0.152. The fraction of sp³-hybridized carbons (Fsp3) is 0.190. The fourth-order valence-corrected chi connectivity index (χ4v) is 4.19. The van der Waals surface area contributed by atoms with Gasteiger partial charge in [-0.05, 0) is 35.7 Å². The molecule has 0 saturated carbocycles. The van der Waals surface area contributed by atoms with E-state index in [4.69, 9.17) is 0 Å². The monoisotopic (exact) mass is 376 g/mol. The lowest BCUT2D eigenvalue weighted by Crippen LogP contribution is -2.33. The third-order valence-corrected chi connectivity index (χ3v) is 5.40. The number of aromatic nitrogens is 3. The van der Waals surface area contributed by atoms with Crippen LogP contribution in [0.4, 0.5) is 10.3 Å². The Hall–Kier alpha value is -3.48. The van der Waals surface area contributed by atoms with Gasteiger partial charge in [0.1, 0.15) is 23.9 Å². The van der Waals surface area contributed by atoms with Gasteiger partial charge in [0.25, 0.3) is 0 Å². The molecule has 0 unspecified atom stereocenters. The molecule has 28 heavy (non-hydrogen) atoms. The number of halogens is 1. The molecule has 1 aromatic heterocycles. The van der Waals surface area contributed by atoms with Crippen LogP contribution < -0.4 is 5.32 Å². The molecule has 2 aromatic carbocycles. The van der Waals surface area contributed by atoms with E-state index in [1.54, 1.807) is 28.9 Å². The van der Waals surface area contributed by atoms with Gasteiger partial charge in [-0.1, -0.05) is 30.3 Å². The molecule has 140 valence electrons. The maximum Gasteiger partial charge on any atom is 0.226 e. The molecule has 7 heteroatoms. The van der Waals surface area contributed by atoms with E-state index in [9.17, 15) is 14.3 Å². The first-order valence-corrected chi connectivity index (χ1v) is 9.08. The summed E-state index contributed by atoms with van der Waals surface area (Å²) in [6.45, 7) is 0. The van der Waals surface area contributed by atoms with Crippen molar-refractivity contribution >= 4 is 11.7 Å². The van der Waals surface area contributed by atoms with Gasteiger partial charge in [0.05, 0.1) is 0 Å². The van der Waals surface area contributed by atoms with Crippen LogP contribution in [-0.2, 0) is 4.79 Å². The Labute approximate surface area is 160 Å². The minimum atomic E-state index is -0.526. The van der Waals surface area contributed by atoms with Gasteiger partial charge >= 0.3 is 0 Å². The molecular weight excluding hydrogens is 359 g/mol. The molecule has 0 amide bonds. The number of carbonyl (C=O) groups is 1. The quantitative estimate of drug-likeness (QED) is 0.715. The number of nitrogens with one attached hydrogen (secondary N) is 1. The molecule has 0 radical (unpaired) electrons. The second-order valence-corrected chi connectivity index (χ2v) is 7.09. The molecule has 2 heterocycles. The molecule has 0 spiro atoms. The average Bonchev–Trinajstić information content (AvgIpc) is 3.14. The number of allylic oxidation sites excluding steroid dienone is 2. The Morgan fingerprint density at radius 2 is 2.00 bits per heavy atom. The normalized spacial score (nSPS) is 21.1. The highest BCUT2D eigenvalue weighted by molar-refractivity contribution is 6.00. The van der Waals surface area contributed by atoms with Crippen LogP contribution in [0.2, 0.25) is 0 Å². The first-order valence-electron chi connectivity index (χ1n) is 9.08. The van der Waals surface area contributed by atoms with Crippen LogP contribution in [-0.4, -0.2) is 25.7 Å². The minimum Gasteiger partial charge on any atom is -0.508 e. The third kappa shape index (κ3) is 2.58. The second-order valence-electron chi connectivity index (χ2n) is 7.09. The zero-order valence-corrected chi connectivity index (χ0v) is 14.8. The van der Waals surface area contributed by atoms with Crippen molar-refractivity contribution in [2.45, 2.75) is 24.8 Å². The van der Waals surface area contributed by atoms with Crippen molar-refractivity contribution in [3.8, 4) is 5.75 Å². The number of carbonyl (C=O) groups excluding carboxylic acids is 1. The van der Waals surface area contributed by atoms with Gasteiger partial charge in [-0.15, -0.1) is 0 Å². The second kappa shape index (κ2) is 6.30. The van der Waals surface area contributed by atoms with Gasteiger partial charge in [0.15, 0.2) is 5.78 Å². The lowest BCUT2D eigenvalue weighted by atomic mass is 9.77. The lowest BCUT2D eigenvalue weighted by molar-refractivity contribution is -0.116. The van der Waals surface area contributed by atoms with Crippen molar-refractivity contribution in [2.75, 3.05) is 5.32 Å². The van der Waals surface area contributed by atoms with E-state index in [1.165, 1.54) is 18.5 Å². The number of phenolic OH excluding ortho intramolecular Hbond substituents is 1. The number of fused-ring (bicyclic) bond motifs is 1. The molecule has 0 saturated heterocycles. The van der Waals surface area contributed by atoms with E-state index in [2.05, 4.69) is 15.4 Å². The molecule has 0 bridgehead atoms. The number of aromatic hydroxyl groups is 1. The Morgan fingerprint density at radius 1 is 1.14 bits per heavy atom. The number of para-hydroxylation sites is 1. The number of hydrogen-bond acceptors (Lipinski definition) is 5. The molecule has 2 aliphatic rings. The summed E-state index contributed by atoms with van der Waals surface area (Å²) < 4.78 is 15.5. The van der Waals surface area contributed by atoms with Crippen LogP contribution in [0.15, 0.2) is 66.1 Å². The van der Waals surface area contributed by atoms with E-state index in [0.717, 1.165) is 11.3 Å². The van der Waals surface area contributed by atoms with Crippen molar-refractivity contribution in [2.24, 2.45) is 0 Å². The van der Waals surface area contributed by atoms with Crippen LogP contribution in [0.3, 0.4) is 0 Å². The highest BCUT2D eigenvalue weighted by Crippen LogP contribution is 2.45. The number of phenols is 1. The zero-order valence-electron chi connectivity index (χ0n) is 14.8. The van der Waals surface area contributed by atoms with Gasteiger partial charge in [-0.3, -0.25) is 4.79 Å². The Kier molecular flexibility index (Phi) is 3.75. The van der Waals surface area contributed by atoms with E-state index in [1.807, 2.05) is 12.1 Å². The average molecular weight is 376 g/mol. The fourth-order valence-electron chi connectivity index (χ4n) is 4.19. The van der Waals surface area contributed by atoms with Gasteiger partial charge in [-0.2, -0.15) is 10.1 Å². The van der Waals surface area contributed by atoms with Crippen LogP contribution in [0.25, 0.3) is 0 Å². The standard InChI is InChI=1S/C21H17FN4O2/c22-14-5-3-4-12(8-14)20-19-16(25-21-23-11-24-26(20)21)9-13(10-18(19)28)15-6-1-2-7-17(15)27/h1-8,11,13,20,27H,9-10H2,(H,23,24,25)/t13-,20-/m0/s1. The van der Waals surface area contributed by atoms with Crippen LogP contribution in [0, 0.1) is 5.82 Å². The number of benzene rings is 2. The summed E-state index contributed by atoms with van der Waals surface area (Å²) in [5, 5.41) is 17.7. The van der Waals surface area contributed by atoms with E-state index in [-0.39, 0.29) is 29.7 Å². The highest BCUT2D eigenvalue weighted by Gasteiger charge is 2.39. The third-order valence-electron chi connectivity index (χ3n) is 5.40. The number of rotatable bonds is 2. The maximum absolute atomic E-state index is 13.9. The molecule has 3 aromatic rings. The number of ketones is 1. The van der Waals surface area contributed by atoms with Crippen molar-refractivity contribution < 1.29 is 14.3 Å². The van der Waals surface area contributed by atoms with E-state index in [0.29, 0.717) is 23.5 Å². The van der Waals surface area contributed by atoms with E-state index < -0.39 is 6.04 Å². The lowest BCUT2D eigenvalue weighted by Gasteiger charge is -2.35. The molecule has 1 aliphatic heterocycles. The molecule has 5 rings (SSSR count).